The molecular formula is C27H32N4. The van der Waals surface area contributed by atoms with Crippen LogP contribution in [0, 0.1) is 13.8 Å². The number of hydrogen-bond acceptors (Lipinski definition) is 3. The van der Waals surface area contributed by atoms with Crippen molar-refractivity contribution in [2.75, 3.05) is 11.4 Å². The smallest absolute Gasteiger partial charge is 0.137 e. The molecule has 1 fully saturated rings. The van der Waals surface area contributed by atoms with Crippen molar-refractivity contribution in [3.63, 3.8) is 0 Å². The first kappa shape index (κ1) is 20.0. The number of anilines is 1. The average molecular weight is 413 g/mol. The average Bonchev–Trinajstić information content (AvgIpc) is 3.00. The van der Waals surface area contributed by atoms with Crippen LogP contribution in [0.5, 0.6) is 0 Å². The summed E-state index contributed by atoms with van der Waals surface area (Å²) in [7, 11) is 0. The summed E-state index contributed by atoms with van der Waals surface area (Å²) in [4.78, 5) is 6.84. The van der Waals surface area contributed by atoms with Crippen molar-refractivity contribution < 1.29 is 0 Å². The molecule has 2 aromatic heterocycles. The number of rotatable bonds is 3. The maximum absolute atomic E-state index is 5.18. The Bertz CT molecular complexity index is 1110. The van der Waals surface area contributed by atoms with E-state index in [0.717, 1.165) is 40.7 Å². The molecule has 31 heavy (non-hydrogen) atoms. The lowest BCUT2D eigenvalue weighted by Gasteiger charge is -2.32. The minimum Gasteiger partial charge on any atom is -0.326 e. The monoisotopic (exact) mass is 412 g/mol. The number of aromatic nitrogens is 3. The van der Waals surface area contributed by atoms with Crippen molar-refractivity contribution in [3.05, 3.63) is 65.6 Å². The highest BCUT2D eigenvalue weighted by Gasteiger charge is 2.29. The van der Waals surface area contributed by atoms with Crippen molar-refractivity contribution in [2.45, 2.75) is 65.2 Å². The molecule has 3 heterocycles. The van der Waals surface area contributed by atoms with Crippen molar-refractivity contribution in [1.29, 1.82) is 0 Å². The van der Waals surface area contributed by atoms with Gasteiger partial charge in [-0.25, -0.2) is 4.68 Å². The Morgan fingerprint density at radius 2 is 1.65 bits per heavy atom. The summed E-state index contributed by atoms with van der Waals surface area (Å²) in [5.41, 5.74) is 9.10. The van der Waals surface area contributed by atoms with Crippen LogP contribution in [0.25, 0.3) is 22.5 Å². The molecule has 5 rings (SSSR count). The molecule has 4 nitrogen and oxygen atoms in total. The van der Waals surface area contributed by atoms with E-state index in [2.05, 4.69) is 78.3 Å². The predicted octanol–water partition coefficient (Wildman–Crippen LogP) is 6.80. The highest BCUT2D eigenvalue weighted by atomic mass is 15.4. The maximum atomic E-state index is 5.18. The summed E-state index contributed by atoms with van der Waals surface area (Å²) in [6.07, 6.45) is 7.87. The molecule has 0 bridgehead atoms. The SMILES string of the molecule is C=C1c2ccc(-c3cc(C)nc(C)c3)cc2-n2nc(C3CCCCCC3)cc2N1CC. The second-order valence-electron chi connectivity index (χ2n) is 9.09. The topological polar surface area (TPSA) is 34.0 Å². The van der Waals surface area contributed by atoms with Crippen LogP contribution < -0.4 is 4.90 Å². The third kappa shape index (κ3) is 3.58. The molecule has 1 aromatic carbocycles. The Kier molecular flexibility index (Phi) is 5.17. The number of fused-ring (bicyclic) bond motifs is 3. The Morgan fingerprint density at radius 3 is 2.32 bits per heavy atom. The normalized spacial score (nSPS) is 16.7. The highest BCUT2D eigenvalue weighted by Crippen LogP contribution is 2.41. The van der Waals surface area contributed by atoms with Crippen LogP contribution in [0.3, 0.4) is 0 Å². The largest absolute Gasteiger partial charge is 0.326 e. The predicted molar refractivity (Wildman–Crippen MR) is 129 cm³/mol. The van der Waals surface area contributed by atoms with Gasteiger partial charge in [-0.1, -0.05) is 44.4 Å². The summed E-state index contributed by atoms with van der Waals surface area (Å²) < 4.78 is 2.16. The minimum atomic E-state index is 0.574. The van der Waals surface area contributed by atoms with E-state index in [1.807, 2.05) is 0 Å². The molecule has 160 valence electrons. The zero-order valence-corrected chi connectivity index (χ0v) is 19.0. The number of nitrogens with zero attached hydrogens (tertiary/aromatic N) is 4. The molecule has 0 atom stereocenters. The van der Waals surface area contributed by atoms with E-state index >= 15 is 0 Å². The van der Waals surface area contributed by atoms with Gasteiger partial charge in [-0.05, 0) is 62.9 Å². The Labute approximate surface area is 185 Å². The molecule has 0 unspecified atom stereocenters. The van der Waals surface area contributed by atoms with Crippen LogP contribution in [0.1, 0.15) is 74.0 Å². The number of aryl methyl sites for hydroxylation is 2. The van der Waals surface area contributed by atoms with Gasteiger partial charge in [0.25, 0.3) is 0 Å². The van der Waals surface area contributed by atoms with Gasteiger partial charge in [0, 0.05) is 41.2 Å². The third-order valence-electron chi connectivity index (χ3n) is 6.85. The second-order valence-corrected chi connectivity index (χ2v) is 9.09. The summed E-state index contributed by atoms with van der Waals surface area (Å²) in [6, 6.07) is 13.3. The Hall–Kier alpha value is -2.88. The van der Waals surface area contributed by atoms with E-state index in [1.165, 1.54) is 55.3 Å². The van der Waals surface area contributed by atoms with E-state index in [0.29, 0.717) is 5.92 Å². The van der Waals surface area contributed by atoms with E-state index in [9.17, 15) is 0 Å². The first-order valence-electron chi connectivity index (χ1n) is 11.7. The molecule has 3 aromatic rings. The summed E-state index contributed by atoms with van der Waals surface area (Å²) >= 11 is 0. The third-order valence-corrected chi connectivity index (χ3v) is 6.85. The minimum absolute atomic E-state index is 0.574. The van der Waals surface area contributed by atoms with E-state index < -0.39 is 0 Å². The zero-order valence-electron chi connectivity index (χ0n) is 19.0. The number of pyridine rings is 1. The molecule has 1 saturated carbocycles. The number of benzene rings is 1. The summed E-state index contributed by atoms with van der Waals surface area (Å²) in [6.45, 7) is 11.6. The molecule has 0 spiro atoms. The lowest BCUT2D eigenvalue weighted by Crippen LogP contribution is -2.28. The highest BCUT2D eigenvalue weighted by molar-refractivity contribution is 5.87. The van der Waals surface area contributed by atoms with Gasteiger partial charge in [-0.2, -0.15) is 5.10 Å². The summed E-state index contributed by atoms with van der Waals surface area (Å²) in [5, 5.41) is 5.18. The maximum Gasteiger partial charge on any atom is 0.137 e. The molecule has 1 aliphatic carbocycles. The zero-order chi connectivity index (χ0) is 21.5. The quantitative estimate of drug-likeness (QED) is 0.444. The standard InChI is InChI=1S/C27H32N4/c1-5-30-20(4)24-13-12-22(23-14-18(2)28-19(3)15-23)16-26(24)31-27(30)17-25(29-31)21-10-8-6-7-9-11-21/h12-17,21H,4-11H2,1-3H3. The molecule has 2 aliphatic rings. The van der Waals surface area contributed by atoms with Crippen molar-refractivity contribution in [3.8, 4) is 16.8 Å². The van der Waals surface area contributed by atoms with Gasteiger partial charge in [0.2, 0.25) is 0 Å². The van der Waals surface area contributed by atoms with Crippen LogP contribution in [-0.2, 0) is 0 Å². The first-order chi connectivity index (χ1) is 15.0. The second kappa shape index (κ2) is 7.99. The molecule has 0 radical (unpaired) electrons. The van der Waals surface area contributed by atoms with E-state index in [1.54, 1.807) is 0 Å². The fraction of sp³-hybridized carbons (Fsp3) is 0.407. The van der Waals surface area contributed by atoms with Gasteiger partial charge < -0.3 is 4.90 Å². The van der Waals surface area contributed by atoms with Gasteiger partial charge in [0.05, 0.1) is 11.4 Å². The molecule has 1 aliphatic heterocycles. The first-order valence-corrected chi connectivity index (χ1v) is 11.7. The van der Waals surface area contributed by atoms with Gasteiger partial charge in [-0.15, -0.1) is 0 Å². The van der Waals surface area contributed by atoms with Gasteiger partial charge in [0.1, 0.15) is 5.82 Å². The number of hydrogen-bond donors (Lipinski definition) is 0. The van der Waals surface area contributed by atoms with E-state index in [4.69, 9.17) is 5.10 Å². The molecule has 4 heteroatoms. The van der Waals surface area contributed by atoms with Gasteiger partial charge in [0.15, 0.2) is 0 Å². The fourth-order valence-electron chi connectivity index (χ4n) is 5.30. The van der Waals surface area contributed by atoms with Gasteiger partial charge in [-0.3, -0.25) is 4.98 Å². The van der Waals surface area contributed by atoms with E-state index in [-0.39, 0.29) is 0 Å². The molecule has 0 saturated heterocycles. The van der Waals surface area contributed by atoms with Crippen molar-refractivity contribution >= 4 is 11.5 Å². The lowest BCUT2D eigenvalue weighted by atomic mass is 9.96. The van der Waals surface area contributed by atoms with Crippen molar-refractivity contribution in [2.24, 2.45) is 0 Å². The lowest BCUT2D eigenvalue weighted by molar-refractivity contribution is 0.571. The van der Waals surface area contributed by atoms with Crippen molar-refractivity contribution in [1.82, 2.24) is 14.8 Å². The van der Waals surface area contributed by atoms with Crippen LogP contribution >= 0.6 is 0 Å². The van der Waals surface area contributed by atoms with Crippen LogP contribution in [0.2, 0.25) is 0 Å². The molecular weight excluding hydrogens is 380 g/mol. The van der Waals surface area contributed by atoms with Crippen LogP contribution in [-0.4, -0.2) is 21.3 Å². The molecule has 0 N–H and O–H groups in total. The van der Waals surface area contributed by atoms with Crippen LogP contribution in [0.15, 0.2) is 43.0 Å². The Balaban J connectivity index is 1.63. The van der Waals surface area contributed by atoms with Gasteiger partial charge >= 0.3 is 0 Å². The molecule has 0 amide bonds. The van der Waals surface area contributed by atoms with Crippen LogP contribution in [0.4, 0.5) is 5.82 Å². The Morgan fingerprint density at radius 1 is 0.935 bits per heavy atom. The fourth-order valence-corrected chi connectivity index (χ4v) is 5.30. The summed E-state index contributed by atoms with van der Waals surface area (Å²) in [5.74, 6) is 1.73.